The monoisotopic (exact) mass is 272 g/mol. The van der Waals surface area contributed by atoms with Crippen LogP contribution in [-0.2, 0) is 10.0 Å². The van der Waals surface area contributed by atoms with Gasteiger partial charge in [-0.25, -0.2) is 12.8 Å². The van der Waals surface area contributed by atoms with Gasteiger partial charge in [-0.05, 0) is 30.5 Å². The highest BCUT2D eigenvalue weighted by molar-refractivity contribution is 7.89. The van der Waals surface area contributed by atoms with E-state index in [0.717, 1.165) is 25.0 Å². The van der Waals surface area contributed by atoms with Crippen LogP contribution in [0.15, 0.2) is 23.1 Å². The van der Waals surface area contributed by atoms with Crippen LogP contribution in [-0.4, -0.2) is 25.8 Å². The van der Waals surface area contributed by atoms with Crippen LogP contribution >= 0.6 is 0 Å². The second-order valence-electron chi connectivity index (χ2n) is 4.65. The second-order valence-corrected chi connectivity index (χ2v) is 6.58. The molecule has 0 aromatic heterocycles. The molecule has 0 bridgehead atoms. The van der Waals surface area contributed by atoms with E-state index >= 15 is 0 Å². The lowest BCUT2D eigenvalue weighted by Crippen LogP contribution is -2.29. The van der Waals surface area contributed by atoms with Gasteiger partial charge in [-0.2, -0.15) is 4.31 Å². The smallest absolute Gasteiger partial charge is 0.243 e. The Kier molecular flexibility index (Phi) is 3.59. The van der Waals surface area contributed by atoms with Crippen LogP contribution < -0.4 is 5.73 Å². The molecule has 1 aromatic rings. The lowest BCUT2D eigenvalue weighted by molar-refractivity contribution is 0.452. The van der Waals surface area contributed by atoms with Gasteiger partial charge in [-0.3, -0.25) is 0 Å². The van der Waals surface area contributed by atoms with Crippen molar-refractivity contribution in [3.8, 4) is 0 Å². The molecule has 2 N–H and O–H groups in total. The van der Waals surface area contributed by atoms with E-state index in [-0.39, 0.29) is 10.6 Å². The highest BCUT2D eigenvalue weighted by Gasteiger charge is 2.32. The lowest BCUT2D eigenvalue weighted by Gasteiger charge is -2.16. The van der Waals surface area contributed by atoms with Crippen LogP contribution in [0, 0.1) is 11.7 Å². The number of benzene rings is 1. The van der Waals surface area contributed by atoms with E-state index in [0.29, 0.717) is 19.0 Å². The quantitative estimate of drug-likeness (QED) is 0.854. The fraction of sp³-hybridized carbons (Fsp3) is 0.500. The summed E-state index contributed by atoms with van der Waals surface area (Å²) in [6.07, 6.45) is 1.82. The molecule has 1 unspecified atom stereocenters. The number of sulfonamides is 1. The molecule has 2 rings (SSSR count). The van der Waals surface area contributed by atoms with E-state index in [1.54, 1.807) is 0 Å². The molecule has 1 fully saturated rings. The van der Waals surface area contributed by atoms with Crippen LogP contribution in [0.3, 0.4) is 0 Å². The molecule has 0 aliphatic carbocycles. The SMILES string of the molecule is CCC1CCN(S(=O)(=O)c2cc(N)cc(F)c2)C1. The summed E-state index contributed by atoms with van der Waals surface area (Å²) in [6, 6.07) is 3.43. The van der Waals surface area contributed by atoms with Crippen molar-refractivity contribution in [3.05, 3.63) is 24.0 Å². The summed E-state index contributed by atoms with van der Waals surface area (Å²) in [4.78, 5) is -0.0586. The van der Waals surface area contributed by atoms with Gasteiger partial charge < -0.3 is 5.73 Å². The molecule has 6 heteroatoms. The van der Waals surface area contributed by atoms with Crippen LogP contribution in [0.25, 0.3) is 0 Å². The Hall–Kier alpha value is -1.14. The van der Waals surface area contributed by atoms with Crippen molar-refractivity contribution >= 4 is 15.7 Å². The average Bonchev–Trinajstić information content (AvgIpc) is 2.76. The number of anilines is 1. The molecular weight excluding hydrogens is 255 g/mol. The van der Waals surface area contributed by atoms with Crippen molar-refractivity contribution in [2.45, 2.75) is 24.7 Å². The van der Waals surface area contributed by atoms with Crippen molar-refractivity contribution in [1.29, 1.82) is 0 Å². The molecular formula is C12H17FN2O2S. The zero-order valence-electron chi connectivity index (χ0n) is 10.3. The number of rotatable bonds is 3. The minimum atomic E-state index is -3.61. The summed E-state index contributed by atoms with van der Waals surface area (Å²) < 4.78 is 39.2. The first kappa shape index (κ1) is 13.3. The van der Waals surface area contributed by atoms with Crippen molar-refractivity contribution in [1.82, 2.24) is 4.31 Å². The molecule has 4 nitrogen and oxygen atoms in total. The van der Waals surface area contributed by atoms with E-state index in [4.69, 9.17) is 5.73 Å². The Balaban J connectivity index is 2.31. The van der Waals surface area contributed by atoms with Gasteiger partial charge in [-0.15, -0.1) is 0 Å². The van der Waals surface area contributed by atoms with E-state index in [9.17, 15) is 12.8 Å². The third kappa shape index (κ3) is 2.49. The van der Waals surface area contributed by atoms with Gasteiger partial charge >= 0.3 is 0 Å². The summed E-state index contributed by atoms with van der Waals surface area (Å²) in [5.41, 5.74) is 5.61. The van der Waals surface area contributed by atoms with Gasteiger partial charge in [0.05, 0.1) is 4.90 Å². The zero-order valence-corrected chi connectivity index (χ0v) is 11.1. The minimum absolute atomic E-state index is 0.0586. The molecule has 1 aliphatic rings. The highest BCUT2D eigenvalue weighted by atomic mass is 32.2. The van der Waals surface area contributed by atoms with Crippen LogP contribution in [0.5, 0.6) is 0 Å². The van der Waals surface area contributed by atoms with Crippen molar-refractivity contribution in [2.24, 2.45) is 5.92 Å². The van der Waals surface area contributed by atoms with Crippen molar-refractivity contribution < 1.29 is 12.8 Å². The number of halogens is 1. The normalized spacial score (nSPS) is 21.3. The van der Waals surface area contributed by atoms with Gasteiger partial charge in [0.1, 0.15) is 5.82 Å². The number of nitrogens with two attached hydrogens (primary N) is 1. The maximum absolute atomic E-state index is 13.2. The summed E-state index contributed by atoms with van der Waals surface area (Å²) in [7, 11) is -3.61. The molecule has 1 aliphatic heterocycles. The molecule has 100 valence electrons. The maximum Gasteiger partial charge on any atom is 0.243 e. The molecule has 0 radical (unpaired) electrons. The Bertz CT molecular complexity index is 525. The molecule has 0 spiro atoms. The first-order valence-electron chi connectivity index (χ1n) is 5.99. The van der Waals surface area contributed by atoms with E-state index < -0.39 is 15.8 Å². The van der Waals surface area contributed by atoms with Crippen molar-refractivity contribution in [2.75, 3.05) is 18.8 Å². The predicted molar refractivity (Wildman–Crippen MR) is 68.0 cm³/mol. The highest BCUT2D eigenvalue weighted by Crippen LogP contribution is 2.27. The topological polar surface area (TPSA) is 63.4 Å². The van der Waals surface area contributed by atoms with Crippen LogP contribution in [0.1, 0.15) is 19.8 Å². The third-order valence-corrected chi connectivity index (χ3v) is 5.20. The minimum Gasteiger partial charge on any atom is -0.399 e. The summed E-state index contributed by atoms with van der Waals surface area (Å²) in [5, 5.41) is 0. The summed E-state index contributed by atoms with van der Waals surface area (Å²) in [6.45, 7) is 3.05. The molecule has 18 heavy (non-hydrogen) atoms. The van der Waals surface area contributed by atoms with Crippen LogP contribution in [0.2, 0.25) is 0 Å². The third-order valence-electron chi connectivity index (χ3n) is 3.36. The van der Waals surface area contributed by atoms with E-state index in [1.165, 1.54) is 10.4 Å². The van der Waals surface area contributed by atoms with Crippen LogP contribution in [0.4, 0.5) is 10.1 Å². The van der Waals surface area contributed by atoms with Gasteiger partial charge in [0.25, 0.3) is 0 Å². The number of hydrogen-bond acceptors (Lipinski definition) is 3. The molecule has 0 saturated carbocycles. The van der Waals surface area contributed by atoms with Gasteiger partial charge in [0, 0.05) is 18.8 Å². The first-order valence-corrected chi connectivity index (χ1v) is 7.43. The maximum atomic E-state index is 13.2. The molecule has 1 atom stereocenters. The number of nitrogens with zero attached hydrogens (tertiary/aromatic N) is 1. The number of hydrogen-bond donors (Lipinski definition) is 1. The average molecular weight is 272 g/mol. The second kappa shape index (κ2) is 4.85. The number of nitrogen functional groups attached to an aromatic ring is 1. The predicted octanol–water partition coefficient (Wildman–Crippen LogP) is 1.83. The van der Waals surface area contributed by atoms with Crippen molar-refractivity contribution in [3.63, 3.8) is 0 Å². The van der Waals surface area contributed by atoms with Gasteiger partial charge in [0.2, 0.25) is 10.0 Å². The molecule has 0 amide bonds. The lowest BCUT2D eigenvalue weighted by atomic mass is 10.1. The Morgan fingerprint density at radius 3 is 2.72 bits per heavy atom. The largest absolute Gasteiger partial charge is 0.399 e. The van der Waals surface area contributed by atoms with E-state index in [2.05, 4.69) is 0 Å². The molecule has 1 heterocycles. The summed E-state index contributed by atoms with van der Waals surface area (Å²) >= 11 is 0. The van der Waals surface area contributed by atoms with Gasteiger partial charge in [0.15, 0.2) is 0 Å². The molecule has 1 saturated heterocycles. The summed E-state index contributed by atoms with van der Waals surface area (Å²) in [5.74, 6) is -0.231. The standard InChI is InChI=1S/C12H17FN2O2S/c1-2-9-3-4-15(8-9)18(16,17)12-6-10(13)5-11(14)7-12/h5-7,9H,2-4,8,14H2,1H3. The van der Waals surface area contributed by atoms with E-state index in [1.807, 2.05) is 6.92 Å². The molecule has 1 aromatic carbocycles. The fourth-order valence-electron chi connectivity index (χ4n) is 2.23. The first-order chi connectivity index (χ1) is 8.43. The van der Waals surface area contributed by atoms with Gasteiger partial charge in [-0.1, -0.05) is 13.3 Å². The fourth-order valence-corrected chi connectivity index (χ4v) is 3.83. The Labute approximate surface area is 107 Å². The zero-order chi connectivity index (χ0) is 13.3. The Morgan fingerprint density at radius 1 is 1.44 bits per heavy atom. The Morgan fingerprint density at radius 2 is 2.17 bits per heavy atom.